The summed E-state index contributed by atoms with van der Waals surface area (Å²) in [4.78, 5) is 27.5. The zero-order chi connectivity index (χ0) is 16.6. The summed E-state index contributed by atoms with van der Waals surface area (Å²) >= 11 is 0. The van der Waals surface area contributed by atoms with E-state index in [1.807, 2.05) is 49.4 Å². The molecule has 2 heterocycles. The topological polar surface area (TPSA) is 64.7 Å². The Morgan fingerprint density at radius 3 is 2.35 bits per heavy atom. The third-order valence-corrected chi connectivity index (χ3v) is 4.75. The highest BCUT2D eigenvalue weighted by Gasteiger charge is 2.48. The van der Waals surface area contributed by atoms with Crippen molar-refractivity contribution in [3.63, 3.8) is 0 Å². The van der Waals surface area contributed by atoms with Gasteiger partial charge in [-0.05, 0) is 12.5 Å². The van der Waals surface area contributed by atoms with Gasteiger partial charge in [-0.25, -0.2) is 9.59 Å². The molecule has 6 heteroatoms. The second-order valence-electron chi connectivity index (χ2n) is 6.19. The predicted molar refractivity (Wildman–Crippen MR) is 88.6 cm³/mol. The monoisotopic (exact) mass is 314 g/mol. The van der Waals surface area contributed by atoms with Gasteiger partial charge >= 0.3 is 12.1 Å². The molecule has 0 aromatic heterocycles. The van der Waals surface area contributed by atoms with E-state index in [-0.39, 0.29) is 36.2 Å². The van der Waals surface area contributed by atoms with E-state index in [1.54, 1.807) is 23.9 Å². The molecular weight excluding hydrogens is 292 g/mol. The molecule has 2 N–H and O–H groups in total. The molecule has 0 radical (unpaired) electrons. The molecule has 2 fully saturated rings. The number of hydrogen-bond acceptors (Lipinski definition) is 2. The van der Waals surface area contributed by atoms with Gasteiger partial charge in [-0.1, -0.05) is 42.5 Å². The van der Waals surface area contributed by atoms with Crippen LogP contribution in [0.2, 0.25) is 0 Å². The van der Waals surface area contributed by atoms with E-state index in [0.29, 0.717) is 0 Å². The van der Waals surface area contributed by atoms with E-state index in [2.05, 4.69) is 10.6 Å². The second-order valence-corrected chi connectivity index (χ2v) is 6.19. The lowest BCUT2D eigenvalue weighted by atomic mass is 9.84. The van der Waals surface area contributed by atoms with Crippen LogP contribution in [0.25, 0.3) is 6.08 Å². The van der Waals surface area contributed by atoms with E-state index in [1.165, 1.54) is 0 Å². The smallest absolute Gasteiger partial charge is 0.319 e. The van der Waals surface area contributed by atoms with Crippen molar-refractivity contribution in [2.45, 2.75) is 25.2 Å². The zero-order valence-corrected chi connectivity index (χ0v) is 13.6. The number of urea groups is 2. The van der Waals surface area contributed by atoms with Crippen LogP contribution < -0.4 is 10.6 Å². The Morgan fingerprint density at radius 2 is 1.65 bits per heavy atom. The Balaban J connectivity index is 1.91. The molecule has 0 aliphatic carbocycles. The van der Waals surface area contributed by atoms with Crippen molar-refractivity contribution in [2.75, 3.05) is 14.1 Å². The Labute approximate surface area is 136 Å². The number of carbonyl (C=O) groups is 2. The average molecular weight is 314 g/mol. The maximum atomic E-state index is 12.3. The van der Waals surface area contributed by atoms with Crippen molar-refractivity contribution in [3.05, 3.63) is 42.0 Å². The van der Waals surface area contributed by atoms with Crippen molar-refractivity contribution in [2.24, 2.45) is 5.92 Å². The fourth-order valence-electron chi connectivity index (χ4n) is 3.38. The van der Waals surface area contributed by atoms with Crippen LogP contribution in [0.5, 0.6) is 0 Å². The lowest BCUT2D eigenvalue weighted by Gasteiger charge is -2.51. The largest absolute Gasteiger partial charge is 0.335 e. The molecular formula is C17H22N4O2. The zero-order valence-electron chi connectivity index (χ0n) is 13.6. The summed E-state index contributed by atoms with van der Waals surface area (Å²) in [6.45, 7) is 1.98. The first-order valence-corrected chi connectivity index (χ1v) is 7.79. The molecule has 2 aliphatic rings. The Hall–Kier alpha value is -2.50. The van der Waals surface area contributed by atoms with Crippen molar-refractivity contribution in [1.82, 2.24) is 20.4 Å². The van der Waals surface area contributed by atoms with Crippen LogP contribution in [0.4, 0.5) is 9.59 Å². The average Bonchev–Trinajstić information content (AvgIpc) is 2.54. The van der Waals surface area contributed by atoms with Crippen LogP contribution in [0, 0.1) is 5.92 Å². The van der Waals surface area contributed by atoms with Gasteiger partial charge in [0, 0.05) is 26.1 Å². The number of benzene rings is 1. The maximum absolute atomic E-state index is 12.3. The van der Waals surface area contributed by atoms with Gasteiger partial charge in [-0.2, -0.15) is 0 Å². The Morgan fingerprint density at radius 1 is 1.00 bits per heavy atom. The van der Waals surface area contributed by atoms with E-state index in [4.69, 9.17) is 0 Å². The molecule has 2 aliphatic heterocycles. The van der Waals surface area contributed by atoms with Gasteiger partial charge in [0.25, 0.3) is 0 Å². The van der Waals surface area contributed by atoms with Crippen LogP contribution in [0.3, 0.4) is 0 Å². The fraction of sp³-hybridized carbons (Fsp3) is 0.412. The molecule has 0 spiro atoms. The molecule has 0 bridgehead atoms. The minimum atomic E-state index is -0.298. The molecule has 4 atom stereocenters. The maximum Gasteiger partial charge on any atom is 0.319 e. The van der Waals surface area contributed by atoms with Gasteiger partial charge in [-0.15, -0.1) is 0 Å². The first-order chi connectivity index (χ1) is 11.0. The number of fused-ring (bicyclic) bond motifs is 1. The number of nitrogens with zero attached hydrogens (tertiary/aromatic N) is 2. The van der Waals surface area contributed by atoms with E-state index in [9.17, 15) is 9.59 Å². The molecule has 23 heavy (non-hydrogen) atoms. The highest BCUT2D eigenvalue weighted by atomic mass is 16.2. The summed E-state index contributed by atoms with van der Waals surface area (Å²) in [7, 11) is 3.50. The summed E-state index contributed by atoms with van der Waals surface area (Å²) in [5.74, 6) is 0.0698. The summed E-state index contributed by atoms with van der Waals surface area (Å²) < 4.78 is 0. The molecule has 122 valence electrons. The van der Waals surface area contributed by atoms with Crippen LogP contribution in [0.15, 0.2) is 36.4 Å². The number of nitrogens with one attached hydrogen (secondary N) is 2. The van der Waals surface area contributed by atoms with Gasteiger partial charge in [0.2, 0.25) is 0 Å². The normalized spacial score (nSPS) is 30.9. The lowest BCUT2D eigenvalue weighted by Crippen LogP contribution is -2.73. The number of hydrogen-bond donors (Lipinski definition) is 2. The van der Waals surface area contributed by atoms with Gasteiger partial charge < -0.3 is 20.4 Å². The second kappa shape index (κ2) is 5.95. The van der Waals surface area contributed by atoms with Crippen LogP contribution >= 0.6 is 0 Å². The van der Waals surface area contributed by atoms with Crippen molar-refractivity contribution in [3.8, 4) is 0 Å². The molecule has 4 unspecified atom stereocenters. The fourth-order valence-corrected chi connectivity index (χ4v) is 3.38. The van der Waals surface area contributed by atoms with Crippen LogP contribution in [-0.2, 0) is 0 Å². The molecule has 4 amide bonds. The number of likely N-dealkylation sites (N-methyl/N-ethyl adjacent to an activating group) is 1. The van der Waals surface area contributed by atoms with Crippen molar-refractivity contribution < 1.29 is 9.59 Å². The number of rotatable bonds is 2. The molecule has 2 saturated heterocycles. The van der Waals surface area contributed by atoms with E-state index in [0.717, 1.165) is 5.56 Å². The first-order valence-electron chi connectivity index (χ1n) is 7.79. The highest BCUT2D eigenvalue weighted by molar-refractivity contribution is 5.80. The standard InChI is InChI=1S/C17H22N4O2/c1-11-14-13(10-9-12-7-5-4-6-8-12)20(2)17(23)19-15(14)21(3)16(22)18-11/h4-11,13-15H,1-3H3,(H,18,22)(H,19,23). The predicted octanol–water partition coefficient (Wildman–Crippen LogP) is 1.71. The number of carbonyl (C=O) groups excluding carboxylic acids is 2. The van der Waals surface area contributed by atoms with E-state index < -0.39 is 0 Å². The summed E-state index contributed by atoms with van der Waals surface area (Å²) in [5.41, 5.74) is 1.09. The molecule has 0 saturated carbocycles. The SMILES string of the molecule is CC1NC(=O)N(C)C2NC(=O)N(C)C(C=Cc3ccccc3)C12. The minimum Gasteiger partial charge on any atom is -0.335 e. The van der Waals surface area contributed by atoms with Crippen LogP contribution in [-0.4, -0.2) is 54.2 Å². The Kier molecular flexibility index (Phi) is 3.98. The minimum absolute atomic E-state index is 0.0304. The summed E-state index contributed by atoms with van der Waals surface area (Å²) in [6.07, 6.45) is 3.78. The number of amides is 4. The van der Waals surface area contributed by atoms with Gasteiger partial charge in [0.05, 0.1) is 6.04 Å². The van der Waals surface area contributed by atoms with Crippen LogP contribution in [0.1, 0.15) is 12.5 Å². The summed E-state index contributed by atoms with van der Waals surface area (Å²) in [6, 6.07) is 9.54. The van der Waals surface area contributed by atoms with Gasteiger partial charge in [-0.3, -0.25) is 0 Å². The third-order valence-electron chi connectivity index (χ3n) is 4.75. The third kappa shape index (κ3) is 2.76. The Bertz CT molecular complexity index is 631. The van der Waals surface area contributed by atoms with Crippen molar-refractivity contribution >= 4 is 18.1 Å². The molecule has 1 aromatic carbocycles. The molecule has 1 aromatic rings. The quantitative estimate of drug-likeness (QED) is 0.873. The van der Waals surface area contributed by atoms with Crippen molar-refractivity contribution in [1.29, 1.82) is 0 Å². The lowest BCUT2D eigenvalue weighted by molar-refractivity contribution is 0.0407. The first kappa shape index (κ1) is 15.4. The molecule has 3 rings (SSSR count). The van der Waals surface area contributed by atoms with E-state index >= 15 is 0 Å². The van der Waals surface area contributed by atoms with Gasteiger partial charge in [0.15, 0.2) is 0 Å². The summed E-state index contributed by atoms with van der Waals surface area (Å²) in [5, 5.41) is 5.89. The van der Waals surface area contributed by atoms with Gasteiger partial charge in [0.1, 0.15) is 6.17 Å². The molecule has 6 nitrogen and oxygen atoms in total. The highest BCUT2D eigenvalue weighted by Crippen LogP contribution is 2.29.